The Morgan fingerprint density at radius 3 is 2.44 bits per heavy atom. The molecule has 1 aromatic heterocycles. The summed E-state index contributed by atoms with van der Waals surface area (Å²) in [7, 11) is 1.46. The summed E-state index contributed by atoms with van der Waals surface area (Å²) in [6.45, 7) is 5.10. The first-order chi connectivity index (χ1) is 14.8. The number of H-pyrrole nitrogens is 1. The Morgan fingerprint density at radius 1 is 1.16 bits per heavy atom. The van der Waals surface area contributed by atoms with Crippen LogP contribution in [-0.2, 0) is 11.8 Å². The van der Waals surface area contributed by atoms with Crippen LogP contribution < -0.4 is 4.74 Å². The van der Waals surface area contributed by atoms with Crippen LogP contribution in [0.3, 0.4) is 0 Å². The summed E-state index contributed by atoms with van der Waals surface area (Å²) < 4.78 is 48.7. The number of hydrogen-bond acceptors (Lipinski definition) is 3. The van der Waals surface area contributed by atoms with Gasteiger partial charge in [-0.1, -0.05) is 29.8 Å². The second-order valence-electron chi connectivity index (χ2n) is 8.77. The average molecular weight is 509 g/mol. The molecule has 0 aliphatic rings. The van der Waals surface area contributed by atoms with Crippen molar-refractivity contribution in [1.29, 1.82) is 5.26 Å². The van der Waals surface area contributed by atoms with Crippen LogP contribution in [0.15, 0.2) is 40.9 Å². The number of nitrogens with zero attached hydrogens (tertiary/aromatic N) is 1. The molecule has 1 atom stereocenters. The summed E-state index contributed by atoms with van der Waals surface area (Å²) in [6.07, 6.45) is -6.09. The Balaban J connectivity index is 2.03. The number of halogens is 4. The van der Waals surface area contributed by atoms with Crippen molar-refractivity contribution in [2.75, 3.05) is 7.11 Å². The highest BCUT2D eigenvalue weighted by Crippen LogP contribution is 2.45. The fourth-order valence-corrected chi connectivity index (χ4v) is 4.61. The summed E-state index contributed by atoms with van der Waals surface area (Å²) in [5, 5.41) is 20.8. The van der Waals surface area contributed by atoms with Gasteiger partial charge in [-0.25, -0.2) is 0 Å². The van der Waals surface area contributed by atoms with Gasteiger partial charge in [0.05, 0.1) is 18.7 Å². The predicted octanol–water partition coefficient (Wildman–Crippen LogP) is 6.32. The van der Waals surface area contributed by atoms with Crippen LogP contribution in [0.2, 0.25) is 0 Å². The van der Waals surface area contributed by atoms with Crippen molar-refractivity contribution in [3.8, 4) is 11.8 Å². The summed E-state index contributed by atoms with van der Waals surface area (Å²) in [6, 6.07) is 12.1. The largest absolute Gasteiger partial charge is 0.496 e. The minimum atomic E-state index is -4.87. The molecule has 0 spiro atoms. The van der Waals surface area contributed by atoms with E-state index in [1.165, 1.54) is 7.11 Å². The van der Waals surface area contributed by atoms with Crippen LogP contribution in [0.4, 0.5) is 13.2 Å². The third-order valence-electron chi connectivity index (χ3n) is 5.77. The van der Waals surface area contributed by atoms with Gasteiger partial charge < -0.3 is 14.8 Å². The maximum absolute atomic E-state index is 14.2. The zero-order valence-corrected chi connectivity index (χ0v) is 19.8. The number of hydrogen-bond donors (Lipinski definition) is 2. The van der Waals surface area contributed by atoms with E-state index in [0.717, 1.165) is 10.9 Å². The molecule has 0 radical (unpaired) electrons. The lowest BCUT2D eigenvalue weighted by molar-refractivity contribution is -0.266. The average Bonchev–Trinajstić information content (AvgIpc) is 3.09. The van der Waals surface area contributed by atoms with Crippen molar-refractivity contribution in [1.82, 2.24) is 4.98 Å². The number of aromatic amines is 1. The topological polar surface area (TPSA) is 69.0 Å². The van der Waals surface area contributed by atoms with Gasteiger partial charge >= 0.3 is 6.18 Å². The quantitative estimate of drug-likeness (QED) is 0.409. The van der Waals surface area contributed by atoms with Gasteiger partial charge in [-0.3, -0.25) is 0 Å². The van der Waals surface area contributed by atoms with Gasteiger partial charge in [0.2, 0.25) is 0 Å². The number of aromatic nitrogens is 1. The number of aryl methyl sites for hydroxylation is 1. The van der Waals surface area contributed by atoms with Crippen LogP contribution in [0.25, 0.3) is 10.9 Å². The molecule has 0 bridgehead atoms. The lowest BCUT2D eigenvalue weighted by Gasteiger charge is -2.38. The lowest BCUT2D eigenvalue weighted by atomic mass is 9.73. The molecule has 32 heavy (non-hydrogen) atoms. The van der Waals surface area contributed by atoms with E-state index in [4.69, 9.17) is 10.00 Å². The van der Waals surface area contributed by atoms with Crippen molar-refractivity contribution < 1.29 is 23.0 Å². The number of rotatable bonds is 6. The third-order valence-corrected chi connectivity index (χ3v) is 6.26. The van der Waals surface area contributed by atoms with Crippen molar-refractivity contribution in [3.63, 3.8) is 0 Å². The molecule has 170 valence electrons. The molecule has 0 saturated carbocycles. The van der Waals surface area contributed by atoms with Gasteiger partial charge in [-0.2, -0.15) is 18.4 Å². The van der Waals surface area contributed by atoms with Crippen molar-refractivity contribution in [2.45, 2.75) is 50.8 Å². The smallest absolute Gasteiger partial charge is 0.417 e. The SMILES string of the molecule is COc1ccc(Br)cc1C(C)(C)CC(O)(Cc1cc2c(C)cc(C#N)cc2[nH]1)C(F)(F)F. The lowest BCUT2D eigenvalue weighted by Crippen LogP contribution is -2.51. The van der Waals surface area contributed by atoms with E-state index < -0.39 is 30.0 Å². The van der Waals surface area contributed by atoms with E-state index in [-0.39, 0.29) is 5.69 Å². The molecule has 3 rings (SSSR count). The highest BCUT2D eigenvalue weighted by Gasteiger charge is 2.56. The highest BCUT2D eigenvalue weighted by atomic mass is 79.9. The van der Waals surface area contributed by atoms with Crippen molar-refractivity contribution in [3.05, 3.63) is 63.3 Å². The molecular formula is C24H24BrF3N2O2. The van der Waals surface area contributed by atoms with Gasteiger partial charge in [0, 0.05) is 33.1 Å². The summed E-state index contributed by atoms with van der Waals surface area (Å²) in [5.74, 6) is 0.452. The Morgan fingerprint density at radius 2 is 1.84 bits per heavy atom. The molecule has 4 nitrogen and oxygen atoms in total. The molecule has 1 heterocycles. The van der Waals surface area contributed by atoms with E-state index in [9.17, 15) is 18.3 Å². The summed E-state index contributed by atoms with van der Waals surface area (Å²) >= 11 is 3.36. The fraction of sp³-hybridized carbons (Fsp3) is 0.375. The Hall–Kier alpha value is -2.50. The van der Waals surface area contributed by atoms with Gasteiger partial charge in [-0.05, 0) is 60.7 Å². The molecule has 0 amide bonds. The molecule has 2 N–H and O–H groups in total. The van der Waals surface area contributed by atoms with Crippen LogP contribution in [0.5, 0.6) is 5.75 Å². The van der Waals surface area contributed by atoms with E-state index in [1.807, 2.05) is 6.07 Å². The number of ether oxygens (including phenoxy) is 1. The zero-order valence-electron chi connectivity index (χ0n) is 18.2. The second-order valence-corrected chi connectivity index (χ2v) is 9.69. The first kappa shape index (κ1) is 24.1. The first-order valence-electron chi connectivity index (χ1n) is 9.95. The monoisotopic (exact) mass is 508 g/mol. The van der Waals surface area contributed by atoms with Crippen LogP contribution >= 0.6 is 15.9 Å². The number of fused-ring (bicyclic) bond motifs is 1. The molecule has 3 aromatic rings. The van der Waals surface area contributed by atoms with E-state index in [1.54, 1.807) is 57.2 Å². The first-order valence-corrected chi connectivity index (χ1v) is 10.7. The minimum absolute atomic E-state index is 0.245. The minimum Gasteiger partial charge on any atom is -0.496 e. The molecule has 0 aliphatic heterocycles. The Bertz CT molecular complexity index is 1190. The number of alkyl halides is 3. The number of aliphatic hydroxyl groups is 1. The highest BCUT2D eigenvalue weighted by molar-refractivity contribution is 9.10. The molecule has 0 saturated heterocycles. The van der Waals surface area contributed by atoms with Gasteiger partial charge in [-0.15, -0.1) is 0 Å². The van der Waals surface area contributed by atoms with Gasteiger partial charge in [0.1, 0.15) is 5.75 Å². The number of benzene rings is 2. The maximum Gasteiger partial charge on any atom is 0.417 e. The normalized spacial score (nSPS) is 14.2. The fourth-order valence-electron chi connectivity index (χ4n) is 4.25. The van der Waals surface area contributed by atoms with E-state index in [0.29, 0.717) is 26.9 Å². The second kappa shape index (κ2) is 8.45. The number of nitriles is 1. The van der Waals surface area contributed by atoms with E-state index in [2.05, 4.69) is 20.9 Å². The Labute approximate surface area is 193 Å². The summed E-state index contributed by atoms with van der Waals surface area (Å²) in [4.78, 5) is 2.95. The number of nitrogens with one attached hydrogen (secondary N) is 1. The number of methoxy groups -OCH3 is 1. The zero-order chi connectivity index (χ0) is 23.9. The molecule has 2 aromatic carbocycles. The van der Waals surface area contributed by atoms with Crippen molar-refractivity contribution >= 4 is 26.8 Å². The maximum atomic E-state index is 14.2. The standard InChI is InChI=1S/C24H24BrF3N2O2/c1-14-7-15(12-29)8-20-18(14)10-17(30-20)11-23(31,24(26,27)28)13-22(2,3)19-9-16(25)5-6-21(19)32-4/h5-10,30-31H,11,13H2,1-4H3. The van der Waals surface area contributed by atoms with Gasteiger partial charge in [0.25, 0.3) is 0 Å². The predicted molar refractivity (Wildman–Crippen MR) is 121 cm³/mol. The van der Waals surface area contributed by atoms with Crippen LogP contribution in [0.1, 0.15) is 42.7 Å². The molecule has 0 aliphatic carbocycles. The third kappa shape index (κ3) is 4.64. The van der Waals surface area contributed by atoms with E-state index >= 15 is 0 Å². The van der Waals surface area contributed by atoms with Gasteiger partial charge in [0.15, 0.2) is 5.60 Å². The Kier molecular flexibility index (Phi) is 6.38. The van der Waals surface area contributed by atoms with Crippen LogP contribution in [0, 0.1) is 18.3 Å². The molecule has 1 unspecified atom stereocenters. The summed E-state index contributed by atoms with van der Waals surface area (Å²) in [5.41, 5.74) is -1.49. The molecular weight excluding hydrogens is 485 g/mol. The van der Waals surface area contributed by atoms with Crippen LogP contribution in [-0.4, -0.2) is 29.0 Å². The molecule has 0 fully saturated rings. The van der Waals surface area contributed by atoms with Crippen molar-refractivity contribution in [2.24, 2.45) is 0 Å². The molecule has 8 heteroatoms.